The van der Waals surface area contributed by atoms with Crippen LogP contribution in [-0.2, 0) is 20.6 Å². The second-order valence-corrected chi connectivity index (χ2v) is 8.06. The first kappa shape index (κ1) is 26.9. The Labute approximate surface area is 205 Å². The van der Waals surface area contributed by atoms with E-state index in [9.17, 15) is 22.8 Å². The molecule has 2 amide bonds. The number of para-hydroxylation sites is 2. The van der Waals surface area contributed by atoms with Crippen molar-refractivity contribution in [3.8, 4) is 0 Å². The van der Waals surface area contributed by atoms with Crippen molar-refractivity contribution in [3.63, 3.8) is 0 Å². The maximum Gasteiger partial charge on any atom is 0.421 e. The fourth-order valence-corrected chi connectivity index (χ4v) is 3.76. The van der Waals surface area contributed by atoms with Crippen LogP contribution in [0.5, 0.6) is 0 Å². The van der Waals surface area contributed by atoms with Crippen molar-refractivity contribution < 1.29 is 32.7 Å². The molecule has 1 aliphatic rings. The van der Waals surface area contributed by atoms with Crippen molar-refractivity contribution in [2.24, 2.45) is 5.92 Å². The third-order valence-electron chi connectivity index (χ3n) is 5.46. The lowest BCUT2D eigenvalue weighted by atomic mass is 9.85. The number of aliphatic hydroxyl groups is 1. The molecule has 13 heteroatoms. The van der Waals surface area contributed by atoms with Gasteiger partial charge >= 0.3 is 6.18 Å². The lowest BCUT2D eigenvalue weighted by Crippen LogP contribution is -2.38. The van der Waals surface area contributed by atoms with Gasteiger partial charge in [-0.25, -0.2) is 10.5 Å². The number of hydrogen-bond donors (Lipinski definition) is 5. The number of aliphatic hydroxyl groups excluding tert-OH is 1. The number of carbonyl (C=O) groups excluding carboxylic acids is 2. The number of alkyl halides is 3. The molecular formula is C23H27F3N6O4. The first-order valence-electron chi connectivity index (χ1n) is 11.2. The molecule has 3 rings (SSSR count). The molecule has 1 heterocycles. The van der Waals surface area contributed by atoms with Gasteiger partial charge in [0.15, 0.2) is 0 Å². The van der Waals surface area contributed by atoms with Crippen LogP contribution in [0.4, 0.5) is 36.3 Å². The zero-order valence-electron chi connectivity index (χ0n) is 19.3. The Kier molecular flexibility index (Phi) is 9.19. The first-order valence-corrected chi connectivity index (χ1v) is 11.2. The van der Waals surface area contributed by atoms with Crippen molar-refractivity contribution in [2.45, 2.75) is 37.9 Å². The van der Waals surface area contributed by atoms with E-state index in [0.29, 0.717) is 31.9 Å². The van der Waals surface area contributed by atoms with Crippen molar-refractivity contribution in [1.29, 1.82) is 0 Å². The molecule has 2 atom stereocenters. The van der Waals surface area contributed by atoms with Crippen LogP contribution in [0.3, 0.4) is 0 Å². The van der Waals surface area contributed by atoms with Gasteiger partial charge in [0, 0.05) is 18.2 Å². The average molecular weight is 509 g/mol. The Hall–Kier alpha value is -3.71. The van der Waals surface area contributed by atoms with Crippen LogP contribution in [0, 0.1) is 5.92 Å². The minimum absolute atomic E-state index is 0.0320. The predicted octanol–water partition coefficient (Wildman–Crippen LogP) is 3.37. The van der Waals surface area contributed by atoms with Gasteiger partial charge in [0.1, 0.15) is 11.4 Å². The van der Waals surface area contributed by atoms with Gasteiger partial charge in [0.25, 0.3) is 0 Å². The molecule has 0 saturated heterocycles. The summed E-state index contributed by atoms with van der Waals surface area (Å²) >= 11 is 0. The summed E-state index contributed by atoms with van der Waals surface area (Å²) in [5.41, 5.74) is 1.65. The largest absolute Gasteiger partial charge is 0.421 e. The van der Waals surface area contributed by atoms with E-state index >= 15 is 0 Å². The number of amides is 2. The van der Waals surface area contributed by atoms with Gasteiger partial charge in [0.05, 0.1) is 24.6 Å². The SMILES string of the molecule is C=CC(=O)Nc1ccccc1Nc1nc(N[C@H]2CCC[C@@H](C(=O)NOCCO)C2)ncc1C(F)(F)F. The van der Waals surface area contributed by atoms with Crippen LogP contribution in [0.25, 0.3) is 0 Å². The van der Waals surface area contributed by atoms with Crippen LogP contribution in [0.15, 0.2) is 43.1 Å². The summed E-state index contributed by atoms with van der Waals surface area (Å²) in [6.45, 7) is 3.10. The Balaban J connectivity index is 1.79. The normalized spacial score (nSPS) is 17.7. The monoisotopic (exact) mass is 508 g/mol. The summed E-state index contributed by atoms with van der Waals surface area (Å²) in [6.07, 6.45) is -0.608. The molecule has 0 aliphatic heterocycles. The molecule has 36 heavy (non-hydrogen) atoms. The molecule has 194 valence electrons. The van der Waals surface area contributed by atoms with Crippen LogP contribution in [-0.4, -0.2) is 46.1 Å². The van der Waals surface area contributed by atoms with Crippen molar-refractivity contribution >= 4 is 35.0 Å². The Bertz CT molecular complexity index is 1080. The van der Waals surface area contributed by atoms with Crippen LogP contribution >= 0.6 is 0 Å². The Morgan fingerprint density at radius 1 is 1.22 bits per heavy atom. The molecular weight excluding hydrogens is 481 g/mol. The highest BCUT2D eigenvalue weighted by Gasteiger charge is 2.36. The molecule has 5 N–H and O–H groups in total. The molecule has 0 radical (unpaired) electrons. The third-order valence-corrected chi connectivity index (χ3v) is 5.46. The summed E-state index contributed by atoms with van der Waals surface area (Å²) in [5, 5.41) is 16.9. The number of anilines is 4. The summed E-state index contributed by atoms with van der Waals surface area (Å²) < 4.78 is 41.0. The maximum atomic E-state index is 13.7. The molecule has 1 aromatic heterocycles. The van der Waals surface area contributed by atoms with E-state index in [2.05, 4.69) is 38.0 Å². The number of rotatable bonds is 10. The number of carbonyl (C=O) groups is 2. The molecule has 1 aliphatic carbocycles. The van der Waals surface area contributed by atoms with Gasteiger partial charge in [-0.2, -0.15) is 18.2 Å². The highest BCUT2D eigenvalue weighted by molar-refractivity contribution is 6.01. The zero-order valence-corrected chi connectivity index (χ0v) is 19.3. The van der Waals surface area contributed by atoms with Gasteiger partial charge in [-0.3, -0.25) is 14.4 Å². The lowest BCUT2D eigenvalue weighted by Gasteiger charge is -2.29. The number of halogens is 3. The van der Waals surface area contributed by atoms with Gasteiger partial charge < -0.3 is 21.1 Å². The number of hydroxylamine groups is 1. The van der Waals surface area contributed by atoms with Crippen molar-refractivity contribution in [2.75, 3.05) is 29.2 Å². The molecule has 1 aromatic carbocycles. The number of nitrogens with one attached hydrogen (secondary N) is 4. The van der Waals surface area contributed by atoms with E-state index in [4.69, 9.17) is 9.94 Å². The second kappa shape index (κ2) is 12.3. The highest BCUT2D eigenvalue weighted by atomic mass is 19.4. The number of nitrogens with zero attached hydrogens (tertiary/aromatic N) is 2. The van der Waals surface area contributed by atoms with Crippen LogP contribution < -0.4 is 21.4 Å². The quantitative estimate of drug-likeness (QED) is 0.187. The molecule has 1 fully saturated rings. The van der Waals surface area contributed by atoms with Crippen molar-refractivity contribution in [3.05, 3.63) is 48.7 Å². The fraction of sp³-hybridized carbons (Fsp3) is 0.391. The van der Waals surface area contributed by atoms with Gasteiger partial charge in [-0.1, -0.05) is 25.1 Å². The Morgan fingerprint density at radius 2 is 1.97 bits per heavy atom. The van der Waals surface area contributed by atoms with Gasteiger partial charge in [-0.15, -0.1) is 0 Å². The smallest absolute Gasteiger partial charge is 0.394 e. The van der Waals surface area contributed by atoms with E-state index < -0.39 is 23.5 Å². The average Bonchev–Trinajstić information content (AvgIpc) is 2.85. The Morgan fingerprint density at radius 3 is 2.67 bits per heavy atom. The summed E-state index contributed by atoms with van der Waals surface area (Å²) in [5.74, 6) is -1.77. The first-order chi connectivity index (χ1) is 17.2. The van der Waals surface area contributed by atoms with Crippen LogP contribution in [0.1, 0.15) is 31.2 Å². The second-order valence-electron chi connectivity index (χ2n) is 8.06. The minimum atomic E-state index is -4.73. The zero-order chi connectivity index (χ0) is 26.1. The summed E-state index contributed by atoms with van der Waals surface area (Å²) in [7, 11) is 0. The summed E-state index contributed by atoms with van der Waals surface area (Å²) in [4.78, 5) is 36.7. The number of benzene rings is 1. The van der Waals surface area contributed by atoms with E-state index in [-0.39, 0.29) is 48.4 Å². The molecule has 10 nitrogen and oxygen atoms in total. The molecule has 2 aromatic rings. The molecule has 0 spiro atoms. The molecule has 1 saturated carbocycles. The van der Waals surface area contributed by atoms with E-state index in [1.54, 1.807) is 12.1 Å². The van der Waals surface area contributed by atoms with Crippen LogP contribution in [0.2, 0.25) is 0 Å². The topological polar surface area (TPSA) is 138 Å². The minimum Gasteiger partial charge on any atom is -0.394 e. The van der Waals surface area contributed by atoms with Gasteiger partial charge in [-0.05, 0) is 37.5 Å². The summed E-state index contributed by atoms with van der Waals surface area (Å²) in [6, 6.07) is 5.98. The number of hydrogen-bond acceptors (Lipinski definition) is 8. The maximum absolute atomic E-state index is 13.7. The fourth-order valence-electron chi connectivity index (χ4n) is 3.76. The lowest BCUT2D eigenvalue weighted by molar-refractivity contribution is -0.139. The highest BCUT2D eigenvalue weighted by Crippen LogP contribution is 2.36. The third kappa shape index (κ3) is 7.39. The number of aromatic nitrogens is 2. The standard InChI is InChI=1S/C23H27F3N6O4/c1-2-19(34)29-17-8-3-4-9-18(17)30-20-16(23(24,25)26)13-27-22(31-20)28-15-7-5-6-14(12-15)21(35)32-36-11-10-33/h2-4,8-9,13-15,33H,1,5-7,10-12H2,(H,29,34)(H,32,35)(H2,27,28,30,31)/t14-,15+/m1/s1. The van der Waals surface area contributed by atoms with E-state index in [0.717, 1.165) is 6.08 Å². The van der Waals surface area contributed by atoms with E-state index in [1.807, 2.05) is 0 Å². The molecule has 0 bridgehead atoms. The van der Waals surface area contributed by atoms with E-state index in [1.165, 1.54) is 12.1 Å². The predicted molar refractivity (Wildman–Crippen MR) is 126 cm³/mol. The van der Waals surface area contributed by atoms with Crippen molar-refractivity contribution in [1.82, 2.24) is 15.4 Å². The van der Waals surface area contributed by atoms with Gasteiger partial charge in [0.2, 0.25) is 17.8 Å². The molecule has 0 unspecified atom stereocenters.